The molecule has 1 aliphatic rings. The highest BCUT2D eigenvalue weighted by atomic mass is 32.2. The highest BCUT2D eigenvalue weighted by molar-refractivity contribution is 7.89. The van der Waals surface area contributed by atoms with Gasteiger partial charge in [0.15, 0.2) is 0 Å². The molecule has 5 heteroatoms. The van der Waals surface area contributed by atoms with Gasteiger partial charge in [0.1, 0.15) is 0 Å². The summed E-state index contributed by atoms with van der Waals surface area (Å²) in [6.45, 7) is 0.976. The van der Waals surface area contributed by atoms with E-state index in [9.17, 15) is 8.42 Å². The fourth-order valence-electron chi connectivity index (χ4n) is 1.39. The lowest BCUT2D eigenvalue weighted by Crippen LogP contribution is -2.37. The minimum Gasteiger partial charge on any atom is -0.395 e. The first kappa shape index (κ1) is 9.95. The molecule has 0 aromatic rings. The maximum absolute atomic E-state index is 11.4. The molecule has 1 N–H and O–H groups in total. The summed E-state index contributed by atoms with van der Waals surface area (Å²) in [5.74, 6) is -0.132. The van der Waals surface area contributed by atoms with Gasteiger partial charge in [-0.3, -0.25) is 0 Å². The van der Waals surface area contributed by atoms with Crippen LogP contribution in [0.1, 0.15) is 19.3 Å². The molecule has 1 aliphatic heterocycles. The van der Waals surface area contributed by atoms with Crippen LogP contribution in [0.4, 0.5) is 0 Å². The molecule has 0 aromatic heterocycles. The summed E-state index contributed by atoms with van der Waals surface area (Å²) >= 11 is 0. The Morgan fingerprint density at radius 3 is 2.25 bits per heavy atom. The van der Waals surface area contributed by atoms with Crippen molar-refractivity contribution in [3.63, 3.8) is 0 Å². The van der Waals surface area contributed by atoms with E-state index in [0.717, 1.165) is 19.3 Å². The Labute approximate surface area is 73.2 Å². The van der Waals surface area contributed by atoms with Gasteiger partial charge in [0.2, 0.25) is 10.0 Å². The van der Waals surface area contributed by atoms with Crippen LogP contribution in [0.3, 0.4) is 0 Å². The van der Waals surface area contributed by atoms with E-state index < -0.39 is 10.0 Å². The summed E-state index contributed by atoms with van der Waals surface area (Å²) in [5.41, 5.74) is 0. The SMILES string of the molecule is O=S(=O)(CCO)N1CCCCC1. The van der Waals surface area contributed by atoms with Crippen molar-refractivity contribution in [2.45, 2.75) is 19.3 Å². The molecule has 1 fully saturated rings. The summed E-state index contributed by atoms with van der Waals surface area (Å²) in [6, 6.07) is 0. The number of aliphatic hydroxyl groups is 1. The van der Waals surface area contributed by atoms with Crippen molar-refractivity contribution in [3.05, 3.63) is 0 Å². The first-order valence-electron chi connectivity index (χ1n) is 4.25. The molecule has 0 radical (unpaired) electrons. The van der Waals surface area contributed by atoms with Crippen LogP contribution in [0, 0.1) is 0 Å². The fraction of sp³-hybridized carbons (Fsp3) is 1.00. The molecular weight excluding hydrogens is 178 g/mol. The lowest BCUT2D eigenvalue weighted by molar-refractivity contribution is 0.307. The summed E-state index contributed by atoms with van der Waals surface area (Å²) in [5, 5.41) is 8.53. The number of nitrogens with zero attached hydrogens (tertiary/aromatic N) is 1. The van der Waals surface area contributed by atoms with Crippen molar-refractivity contribution in [1.82, 2.24) is 4.31 Å². The lowest BCUT2D eigenvalue weighted by atomic mass is 10.2. The maximum Gasteiger partial charge on any atom is 0.216 e. The molecule has 4 nitrogen and oxygen atoms in total. The Morgan fingerprint density at radius 2 is 1.75 bits per heavy atom. The molecule has 0 aliphatic carbocycles. The Hall–Kier alpha value is -0.130. The molecule has 0 amide bonds. The van der Waals surface area contributed by atoms with Crippen LogP contribution >= 0.6 is 0 Å². The van der Waals surface area contributed by atoms with Crippen molar-refractivity contribution >= 4 is 10.0 Å². The second kappa shape index (κ2) is 4.20. The van der Waals surface area contributed by atoms with Crippen LogP contribution in [0.15, 0.2) is 0 Å². The topological polar surface area (TPSA) is 57.6 Å². The third-order valence-corrected chi connectivity index (χ3v) is 3.91. The summed E-state index contributed by atoms with van der Waals surface area (Å²) in [7, 11) is -3.15. The van der Waals surface area contributed by atoms with Crippen LogP contribution < -0.4 is 0 Å². The molecule has 1 rings (SSSR count). The first-order valence-corrected chi connectivity index (χ1v) is 5.86. The first-order chi connectivity index (χ1) is 5.67. The van der Waals surface area contributed by atoms with E-state index in [0.29, 0.717) is 13.1 Å². The molecular formula is C7H15NO3S. The monoisotopic (exact) mass is 193 g/mol. The minimum absolute atomic E-state index is 0.132. The average molecular weight is 193 g/mol. The lowest BCUT2D eigenvalue weighted by Gasteiger charge is -2.25. The van der Waals surface area contributed by atoms with E-state index in [2.05, 4.69) is 0 Å². The summed E-state index contributed by atoms with van der Waals surface area (Å²) in [6.07, 6.45) is 3.01. The van der Waals surface area contributed by atoms with E-state index in [4.69, 9.17) is 5.11 Å². The smallest absolute Gasteiger partial charge is 0.216 e. The van der Waals surface area contributed by atoms with Gasteiger partial charge in [-0.2, -0.15) is 0 Å². The van der Waals surface area contributed by atoms with Crippen molar-refractivity contribution in [2.75, 3.05) is 25.4 Å². The van der Waals surface area contributed by atoms with Gasteiger partial charge in [-0.25, -0.2) is 12.7 Å². The predicted octanol–water partition coefficient (Wildman–Crippen LogP) is -0.206. The third-order valence-electron chi connectivity index (χ3n) is 2.06. The van der Waals surface area contributed by atoms with E-state index >= 15 is 0 Å². The van der Waals surface area contributed by atoms with Crippen LogP contribution in [-0.2, 0) is 10.0 Å². The number of sulfonamides is 1. The predicted molar refractivity (Wildman–Crippen MR) is 46.3 cm³/mol. The Balaban J connectivity index is 2.54. The van der Waals surface area contributed by atoms with Crippen molar-refractivity contribution < 1.29 is 13.5 Å². The second-order valence-corrected chi connectivity index (χ2v) is 5.09. The van der Waals surface area contributed by atoms with Gasteiger partial charge < -0.3 is 5.11 Å². The zero-order valence-electron chi connectivity index (χ0n) is 7.07. The average Bonchev–Trinajstić information content (AvgIpc) is 2.06. The molecule has 0 unspecified atom stereocenters. The number of aliphatic hydroxyl groups excluding tert-OH is 1. The molecule has 12 heavy (non-hydrogen) atoms. The summed E-state index contributed by atoms with van der Waals surface area (Å²) in [4.78, 5) is 0. The zero-order chi connectivity index (χ0) is 9.03. The van der Waals surface area contributed by atoms with Gasteiger partial charge in [-0.15, -0.1) is 0 Å². The molecule has 0 aromatic carbocycles. The third kappa shape index (κ3) is 2.43. The second-order valence-electron chi connectivity index (χ2n) is 3.00. The number of piperidine rings is 1. The number of hydrogen-bond acceptors (Lipinski definition) is 3. The van der Waals surface area contributed by atoms with E-state index in [-0.39, 0.29) is 12.4 Å². The van der Waals surface area contributed by atoms with Gasteiger partial charge in [-0.05, 0) is 12.8 Å². The molecule has 0 atom stereocenters. The van der Waals surface area contributed by atoms with E-state index in [1.165, 1.54) is 4.31 Å². The van der Waals surface area contributed by atoms with Crippen LogP contribution in [0.2, 0.25) is 0 Å². The molecule has 72 valence electrons. The summed E-state index contributed by atoms with van der Waals surface area (Å²) < 4.78 is 24.2. The maximum atomic E-state index is 11.4. The Morgan fingerprint density at radius 1 is 1.17 bits per heavy atom. The number of rotatable bonds is 3. The van der Waals surface area contributed by atoms with Gasteiger partial charge in [-0.1, -0.05) is 6.42 Å². The van der Waals surface area contributed by atoms with Crippen molar-refractivity contribution in [2.24, 2.45) is 0 Å². The minimum atomic E-state index is -3.15. The highest BCUT2D eigenvalue weighted by Crippen LogP contribution is 2.12. The van der Waals surface area contributed by atoms with Gasteiger partial charge >= 0.3 is 0 Å². The van der Waals surface area contributed by atoms with Gasteiger partial charge in [0.25, 0.3) is 0 Å². The zero-order valence-corrected chi connectivity index (χ0v) is 7.89. The highest BCUT2D eigenvalue weighted by Gasteiger charge is 2.22. The fourth-order valence-corrected chi connectivity index (χ4v) is 2.69. The number of hydrogen-bond donors (Lipinski definition) is 1. The van der Waals surface area contributed by atoms with Crippen molar-refractivity contribution in [3.8, 4) is 0 Å². The Kier molecular flexibility index (Phi) is 3.49. The van der Waals surface area contributed by atoms with Gasteiger partial charge in [0, 0.05) is 13.1 Å². The van der Waals surface area contributed by atoms with Crippen LogP contribution in [0.5, 0.6) is 0 Å². The quantitative estimate of drug-likeness (QED) is 0.675. The van der Waals surface area contributed by atoms with Crippen molar-refractivity contribution in [1.29, 1.82) is 0 Å². The van der Waals surface area contributed by atoms with Crippen LogP contribution in [-0.4, -0.2) is 43.3 Å². The molecule has 1 saturated heterocycles. The molecule has 0 spiro atoms. The molecule has 0 bridgehead atoms. The largest absolute Gasteiger partial charge is 0.395 e. The van der Waals surface area contributed by atoms with E-state index in [1.807, 2.05) is 0 Å². The van der Waals surface area contributed by atoms with E-state index in [1.54, 1.807) is 0 Å². The normalized spacial score (nSPS) is 21.1. The Bertz CT molecular complexity index is 219. The van der Waals surface area contributed by atoms with Gasteiger partial charge in [0.05, 0.1) is 12.4 Å². The molecule has 1 heterocycles. The standard InChI is InChI=1S/C7H15NO3S/c9-6-7-12(10,11)8-4-2-1-3-5-8/h9H,1-7H2. The molecule has 0 saturated carbocycles. The van der Waals surface area contributed by atoms with Crippen LogP contribution in [0.25, 0.3) is 0 Å².